The van der Waals surface area contributed by atoms with E-state index in [0.717, 1.165) is 10.2 Å². The van der Waals surface area contributed by atoms with Crippen molar-refractivity contribution in [2.75, 3.05) is 11.9 Å². The summed E-state index contributed by atoms with van der Waals surface area (Å²) in [5.41, 5.74) is 0.851. The SMILES string of the molecule is Cc1cc(NC(=O)COc2ccccc2Br)n(C)n1. The zero-order valence-corrected chi connectivity index (χ0v) is 12.3. The van der Waals surface area contributed by atoms with Crippen molar-refractivity contribution < 1.29 is 9.53 Å². The minimum Gasteiger partial charge on any atom is -0.483 e. The molecule has 0 saturated heterocycles. The van der Waals surface area contributed by atoms with Gasteiger partial charge in [0.15, 0.2) is 6.61 Å². The summed E-state index contributed by atoms with van der Waals surface area (Å²) in [4.78, 5) is 11.8. The van der Waals surface area contributed by atoms with Crippen LogP contribution in [0.25, 0.3) is 0 Å². The fraction of sp³-hybridized carbons (Fsp3) is 0.231. The van der Waals surface area contributed by atoms with Crippen LogP contribution in [-0.2, 0) is 11.8 Å². The van der Waals surface area contributed by atoms with Gasteiger partial charge in [-0.3, -0.25) is 9.48 Å². The number of hydrogen-bond donors (Lipinski definition) is 1. The van der Waals surface area contributed by atoms with Crippen molar-refractivity contribution in [1.29, 1.82) is 0 Å². The number of nitrogens with zero attached hydrogens (tertiary/aromatic N) is 2. The number of carbonyl (C=O) groups is 1. The minimum atomic E-state index is -0.223. The molecule has 0 radical (unpaired) electrons. The molecular formula is C13H14BrN3O2. The standard InChI is InChI=1S/C13H14BrN3O2/c1-9-7-12(17(2)16-9)15-13(18)8-19-11-6-4-3-5-10(11)14/h3-7H,8H2,1-2H3,(H,15,18). The summed E-state index contributed by atoms with van der Waals surface area (Å²) in [6, 6.07) is 9.19. The predicted octanol–water partition coefficient (Wildman–Crippen LogP) is 2.51. The van der Waals surface area contributed by atoms with E-state index in [1.165, 1.54) is 0 Å². The highest BCUT2D eigenvalue weighted by Gasteiger charge is 2.08. The molecule has 0 spiro atoms. The van der Waals surface area contributed by atoms with Crippen molar-refractivity contribution in [2.24, 2.45) is 7.05 Å². The minimum absolute atomic E-state index is 0.0488. The van der Waals surface area contributed by atoms with E-state index in [1.54, 1.807) is 23.9 Å². The molecule has 1 heterocycles. The van der Waals surface area contributed by atoms with Crippen molar-refractivity contribution in [1.82, 2.24) is 9.78 Å². The molecule has 0 aliphatic rings. The third-order valence-electron chi connectivity index (χ3n) is 2.46. The van der Waals surface area contributed by atoms with Gasteiger partial charge in [-0.25, -0.2) is 0 Å². The molecule has 0 fully saturated rings. The van der Waals surface area contributed by atoms with Crippen LogP contribution >= 0.6 is 15.9 Å². The lowest BCUT2D eigenvalue weighted by Crippen LogP contribution is -2.21. The molecule has 0 atom stereocenters. The number of aryl methyl sites for hydroxylation is 2. The van der Waals surface area contributed by atoms with Crippen LogP contribution in [0.4, 0.5) is 5.82 Å². The number of halogens is 1. The number of amides is 1. The summed E-state index contributed by atoms with van der Waals surface area (Å²) < 4.78 is 7.86. The van der Waals surface area contributed by atoms with Gasteiger partial charge >= 0.3 is 0 Å². The first kappa shape index (κ1) is 13.6. The van der Waals surface area contributed by atoms with E-state index in [0.29, 0.717) is 11.6 Å². The number of ether oxygens (including phenoxy) is 1. The molecule has 0 saturated carbocycles. The number of para-hydroxylation sites is 1. The maximum atomic E-state index is 11.8. The molecule has 1 aromatic carbocycles. The van der Waals surface area contributed by atoms with Gasteiger partial charge in [-0.15, -0.1) is 0 Å². The Hall–Kier alpha value is -1.82. The molecule has 1 aromatic heterocycles. The van der Waals surface area contributed by atoms with Gasteiger partial charge in [-0.1, -0.05) is 12.1 Å². The number of hydrogen-bond acceptors (Lipinski definition) is 3. The third kappa shape index (κ3) is 3.57. The molecule has 0 aliphatic carbocycles. The summed E-state index contributed by atoms with van der Waals surface area (Å²) in [6.45, 7) is 1.82. The van der Waals surface area contributed by atoms with Crippen LogP contribution in [0.5, 0.6) is 5.75 Å². The van der Waals surface area contributed by atoms with E-state index in [-0.39, 0.29) is 12.5 Å². The second-order valence-electron chi connectivity index (χ2n) is 4.06. The Bertz CT molecular complexity index is 595. The van der Waals surface area contributed by atoms with Crippen LogP contribution in [0, 0.1) is 6.92 Å². The first-order valence-corrected chi connectivity index (χ1v) is 6.53. The number of aromatic nitrogens is 2. The van der Waals surface area contributed by atoms with Gasteiger partial charge in [0.1, 0.15) is 11.6 Å². The third-order valence-corrected chi connectivity index (χ3v) is 3.12. The molecule has 2 aromatic rings. The van der Waals surface area contributed by atoms with Crippen LogP contribution in [0.15, 0.2) is 34.8 Å². The van der Waals surface area contributed by atoms with Gasteiger partial charge < -0.3 is 10.1 Å². The van der Waals surface area contributed by atoms with Gasteiger partial charge in [0.2, 0.25) is 0 Å². The lowest BCUT2D eigenvalue weighted by molar-refractivity contribution is -0.118. The van der Waals surface area contributed by atoms with Gasteiger partial charge in [0.05, 0.1) is 10.2 Å². The maximum Gasteiger partial charge on any atom is 0.263 e. The van der Waals surface area contributed by atoms with Crippen LogP contribution in [0.1, 0.15) is 5.69 Å². The molecule has 6 heteroatoms. The molecule has 0 bridgehead atoms. The first-order valence-electron chi connectivity index (χ1n) is 5.74. The number of anilines is 1. The summed E-state index contributed by atoms with van der Waals surface area (Å²) in [7, 11) is 1.78. The Balaban J connectivity index is 1.92. The van der Waals surface area contributed by atoms with E-state index in [2.05, 4.69) is 26.3 Å². The lowest BCUT2D eigenvalue weighted by atomic mass is 10.3. The van der Waals surface area contributed by atoms with E-state index < -0.39 is 0 Å². The maximum absolute atomic E-state index is 11.8. The van der Waals surface area contributed by atoms with Gasteiger partial charge in [0, 0.05) is 13.1 Å². The van der Waals surface area contributed by atoms with Crippen molar-refractivity contribution in [3.63, 3.8) is 0 Å². The summed E-state index contributed by atoms with van der Waals surface area (Å²) >= 11 is 3.36. The zero-order valence-electron chi connectivity index (χ0n) is 10.7. The monoisotopic (exact) mass is 323 g/mol. The lowest BCUT2D eigenvalue weighted by Gasteiger charge is -2.08. The van der Waals surface area contributed by atoms with Crippen molar-refractivity contribution in [3.05, 3.63) is 40.5 Å². The van der Waals surface area contributed by atoms with Gasteiger partial charge in [-0.2, -0.15) is 5.10 Å². The predicted molar refractivity (Wildman–Crippen MR) is 76.2 cm³/mol. The fourth-order valence-corrected chi connectivity index (χ4v) is 2.01. The highest BCUT2D eigenvalue weighted by molar-refractivity contribution is 9.10. The van der Waals surface area contributed by atoms with Crippen LogP contribution in [0.2, 0.25) is 0 Å². The average molecular weight is 324 g/mol. The molecule has 19 heavy (non-hydrogen) atoms. The molecule has 1 amide bonds. The highest BCUT2D eigenvalue weighted by atomic mass is 79.9. The largest absolute Gasteiger partial charge is 0.483 e. The molecular weight excluding hydrogens is 310 g/mol. The molecule has 2 rings (SSSR count). The van der Waals surface area contributed by atoms with Crippen molar-refractivity contribution >= 4 is 27.7 Å². The molecule has 0 unspecified atom stereocenters. The van der Waals surface area contributed by atoms with E-state index in [1.807, 2.05) is 25.1 Å². The number of benzene rings is 1. The summed E-state index contributed by atoms with van der Waals surface area (Å²) in [5.74, 6) is 1.07. The summed E-state index contributed by atoms with van der Waals surface area (Å²) in [5, 5.41) is 6.89. The average Bonchev–Trinajstić information content (AvgIpc) is 2.67. The molecule has 100 valence electrons. The first-order chi connectivity index (χ1) is 9.06. The van der Waals surface area contributed by atoms with Gasteiger partial charge in [-0.05, 0) is 35.0 Å². The van der Waals surface area contributed by atoms with Crippen molar-refractivity contribution in [3.8, 4) is 5.75 Å². The highest BCUT2D eigenvalue weighted by Crippen LogP contribution is 2.23. The van der Waals surface area contributed by atoms with E-state index in [9.17, 15) is 4.79 Å². The summed E-state index contributed by atoms with van der Waals surface area (Å²) in [6.07, 6.45) is 0. The normalized spacial score (nSPS) is 10.3. The van der Waals surface area contributed by atoms with Crippen LogP contribution < -0.4 is 10.1 Å². The van der Waals surface area contributed by atoms with E-state index in [4.69, 9.17) is 4.74 Å². The van der Waals surface area contributed by atoms with Gasteiger partial charge in [0.25, 0.3) is 5.91 Å². The number of rotatable bonds is 4. The Morgan fingerprint density at radius 1 is 1.47 bits per heavy atom. The van der Waals surface area contributed by atoms with E-state index >= 15 is 0 Å². The molecule has 0 aliphatic heterocycles. The molecule has 1 N–H and O–H groups in total. The Morgan fingerprint density at radius 2 is 2.21 bits per heavy atom. The zero-order chi connectivity index (χ0) is 13.8. The number of nitrogens with one attached hydrogen (secondary N) is 1. The molecule has 5 nitrogen and oxygen atoms in total. The Labute approximate surface area is 119 Å². The second-order valence-corrected chi connectivity index (χ2v) is 4.92. The topological polar surface area (TPSA) is 56.1 Å². The number of carbonyl (C=O) groups excluding carboxylic acids is 1. The smallest absolute Gasteiger partial charge is 0.263 e. The van der Waals surface area contributed by atoms with Crippen LogP contribution in [0.3, 0.4) is 0 Å². The second kappa shape index (κ2) is 5.88. The van der Waals surface area contributed by atoms with Crippen molar-refractivity contribution in [2.45, 2.75) is 6.92 Å². The Kier molecular flexibility index (Phi) is 4.21. The Morgan fingerprint density at radius 3 is 2.84 bits per heavy atom. The fourth-order valence-electron chi connectivity index (χ4n) is 1.61. The van der Waals surface area contributed by atoms with Crippen LogP contribution in [-0.4, -0.2) is 22.3 Å². The quantitative estimate of drug-likeness (QED) is 0.940.